The summed E-state index contributed by atoms with van der Waals surface area (Å²) < 4.78 is 13.0. The number of oxime groups is 1. The van der Waals surface area contributed by atoms with E-state index in [2.05, 4.69) is 5.16 Å². The molecule has 0 aliphatic carbocycles. The quantitative estimate of drug-likeness (QED) is 0.677. The second-order valence-electron chi connectivity index (χ2n) is 3.94. The molecule has 0 saturated carbocycles. The van der Waals surface area contributed by atoms with Crippen LogP contribution >= 0.6 is 0 Å². The second kappa shape index (κ2) is 6.11. The second-order valence-corrected chi connectivity index (χ2v) is 3.94. The minimum atomic E-state index is -0.309. The van der Waals surface area contributed by atoms with Crippen molar-refractivity contribution < 1.29 is 14.3 Å². The Morgan fingerprint density at radius 3 is 2.47 bits per heavy atom. The van der Waals surface area contributed by atoms with Gasteiger partial charge in [0.2, 0.25) is 0 Å². The van der Waals surface area contributed by atoms with Crippen molar-refractivity contribution in [2.24, 2.45) is 5.16 Å². The van der Waals surface area contributed by atoms with Crippen molar-refractivity contribution in [3.05, 3.63) is 71.0 Å². The van der Waals surface area contributed by atoms with Crippen LogP contribution in [0.2, 0.25) is 0 Å². The summed E-state index contributed by atoms with van der Waals surface area (Å²) in [6.07, 6.45) is 0. The first-order chi connectivity index (χ1) is 9.26. The Morgan fingerprint density at radius 1 is 1.16 bits per heavy atom. The van der Waals surface area contributed by atoms with Crippen molar-refractivity contribution in [3.63, 3.8) is 0 Å². The Labute approximate surface area is 111 Å². The molecule has 0 unspecified atom stereocenters. The van der Waals surface area contributed by atoms with Crippen LogP contribution < -0.4 is 0 Å². The molecule has 0 saturated heterocycles. The molecular weight excluding hydrogens is 245 g/mol. The van der Waals surface area contributed by atoms with Crippen LogP contribution in [0, 0.1) is 5.82 Å². The highest BCUT2D eigenvalue weighted by Crippen LogP contribution is 2.16. The predicted molar refractivity (Wildman–Crippen MR) is 71.4 cm³/mol. The average Bonchev–Trinajstić information content (AvgIpc) is 2.46. The van der Waals surface area contributed by atoms with Gasteiger partial charge in [-0.05, 0) is 29.8 Å². The fourth-order valence-corrected chi connectivity index (χ4v) is 1.85. The van der Waals surface area contributed by atoms with Gasteiger partial charge < -0.3 is 9.94 Å². The van der Waals surface area contributed by atoms with Crippen molar-refractivity contribution in [3.8, 4) is 0 Å². The Kier molecular flexibility index (Phi) is 4.26. The number of benzene rings is 2. The molecule has 2 rings (SSSR count). The van der Waals surface area contributed by atoms with E-state index in [1.165, 1.54) is 19.2 Å². The number of aliphatic hydroxyl groups excluding tert-OH is 1. The van der Waals surface area contributed by atoms with E-state index in [9.17, 15) is 9.50 Å². The molecule has 98 valence electrons. The first kappa shape index (κ1) is 13.2. The summed E-state index contributed by atoms with van der Waals surface area (Å²) >= 11 is 0. The van der Waals surface area contributed by atoms with Gasteiger partial charge in [0, 0.05) is 11.1 Å². The summed E-state index contributed by atoms with van der Waals surface area (Å²) in [5.74, 6) is -0.309. The van der Waals surface area contributed by atoms with E-state index >= 15 is 0 Å². The van der Waals surface area contributed by atoms with Crippen molar-refractivity contribution in [1.82, 2.24) is 0 Å². The van der Waals surface area contributed by atoms with E-state index in [1.54, 1.807) is 12.1 Å². The fraction of sp³-hybridized carbons (Fsp3) is 0.133. The van der Waals surface area contributed by atoms with Crippen molar-refractivity contribution in [2.45, 2.75) is 6.61 Å². The Morgan fingerprint density at radius 2 is 1.84 bits per heavy atom. The van der Waals surface area contributed by atoms with Gasteiger partial charge in [0.15, 0.2) is 0 Å². The summed E-state index contributed by atoms with van der Waals surface area (Å²) in [5, 5.41) is 13.4. The fourth-order valence-electron chi connectivity index (χ4n) is 1.85. The zero-order valence-electron chi connectivity index (χ0n) is 10.5. The Bertz CT molecular complexity index is 579. The van der Waals surface area contributed by atoms with Gasteiger partial charge in [-0.25, -0.2) is 4.39 Å². The number of aliphatic hydroxyl groups is 1. The highest BCUT2D eigenvalue weighted by Gasteiger charge is 2.12. The lowest BCUT2D eigenvalue weighted by molar-refractivity contribution is 0.214. The molecule has 19 heavy (non-hydrogen) atoms. The third-order valence-corrected chi connectivity index (χ3v) is 2.74. The monoisotopic (exact) mass is 259 g/mol. The summed E-state index contributed by atoms with van der Waals surface area (Å²) in [7, 11) is 1.45. The normalized spacial score (nSPS) is 11.4. The number of rotatable bonds is 4. The molecule has 2 aromatic carbocycles. The van der Waals surface area contributed by atoms with Gasteiger partial charge in [-0.1, -0.05) is 29.4 Å². The van der Waals surface area contributed by atoms with Gasteiger partial charge >= 0.3 is 0 Å². The lowest BCUT2D eigenvalue weighted by Gasteiger charge is -2.10. The van der Waals surface area contributed by atoms with Crippen LogP contribution in [0.5, 0.6) is 0 Å². The third-order valence-electron chi connectivity index (χ3n) is 2.74. The first-order valence-electron chi connectivity index (χ1n) is 5.82. The van der Waals surface area contributed by atoms with Gasteiger partial charge in [0.25, 0.3) is 0 Å². The molecule has 0 fully saturated rings. The Hall–Kier alpha value is -2.20. The number of halogens is 1. The molecule has 0 heterocycles. The molecule has 4 heteroatoms. The zero-order chi connectivity index (χ0) is 13.7. The minimum absolute atomic E-state index is 0.0971. The van der Waals surface area contributed by atoms with E-state index < -0.39 is 0 Å². The number of hydrogen-bond acceptors (Lipinski definition) is 3. The zero-order valence-corrected chi connectivity index (χ0v) is 10.5. The van der Waals surface area contributed by atoms with Crippen LogP contribution in [0.4, 0.5) is 4.39 Å². The molecule has 0 aliphatic rings. The SMILES string of the molecule is CON=C(c1ccc(F)cc1)c1ccccc1CO. The van der Waals surface area contributed by atoms with Crippen molar-refractivity contribution in [1.29, 1.82) is 0 Å². The maximum absolute atomic E-state index is 13.0. The van der Waals surface area contributed by atoms with Crippen molar-refractivity contribution in [2.75, 3.05) is 7.11 Å². The van der Waals surface area contributed by atoms with E-state index in [0.29, 0.717) is 5.71 Å². The predicted octanol–water partition coefficient (Wildman–Crippen LogP) is 2.72. The van der Waals surface area contributed by atoms with Crippen LogP contribution in [-0.4, -0.2) is 17.9 Å². The van der Waals surface area contributed by atoms with Crippen LogP contribution in [0.1, 0.15) is 16.7 Å². The Balaban J connectivity index is 2.52. The van der Waals surface area contributed by atoms with Gasteiger partial charge in [-0.15, -0.1) is 0 Å². The van der Waals surface area contributed by atoms with Gasteiger partial charge in [0.1, 0.15) is 18.6 Å². The molecule has 0 amide bonds. The third kappa shape index (κ3) is 2.98. The largest absolute Gasteiger partial charge is 0.399 e. The van der Waals surface area contributed by atoms with E-state index in [1.807, 2.05) is 24.3 Å². The van der Waals surface area contributed by atoms with Crippen LogP contribution in [-0.2, 0) is 11.4 Å². The van der Waals surface area contributed by atoms with Crippen molar-refractivity contribution >= 4 is 5.71 Å². The first-order valence-corrected chi connectivity index (χ1v) is 5.82. The van der Waals surface area contributed by atoms with E-state index in [-0.39, 0.29) is 12.4 Å². The summed E-state index contributed by atoms with van der Waals surface area (Å²) in [4.78, 5) is 4.86. The lowest BCUT2D eigenvalue weighted by Crippen LogP contribution is -2.07. The summed E-state index contributed by atoms with van der Waals surface area (Å²) in [5.41, 5.74) is 2.79. The topological polar surface area (TPSA) is 41.8 Å². The minimum Gasteiger partial charge on any atom is -0.399 e. The molecule has 0 bridgehead atoms. The highest BCUT2D eigenvalue weighted by molar-refractivity contribution is 6.13. The maximum Gasteiger partial charge on any atom is 0.123 e. The molecule has 0 radical (unpaired) electrons. The standard InChI is InChI=1S/C15H14FNO2/c1-19-17-15(11-6-8-13(16)9-7-11)14-5-3-2-4-12(14)10-18/h2-9,18H,10H2,1H3. The van der Waals surface area contributed by atoms with Crippen LogP contribution in [0.25, 0.3) is 0 Å². The molecule has 0 spiro atoms. The smallest absolute Gasteiger partial charge is 0.123 e. The van der Waals surface area contributed by atoms with Crippen LogP contribution in [0.3, 0.4) is 0 Å². The molecule has 1 N–H and O–H groups in total. The van der Waals surface area contributed by atoms with Gasteiger partial charge in [-0.2, -0.15) is 0 Å². The van der Waals surface area contributed by atoms with E-state index in [0.717, 1.165) is 16.7 Å². The number of hydrogen-bond donors (Lipinski definition) is 1. The molecule has 0 aliphatic heterocycles. The van der Waals surface area contributed by atoms with Gasteiger partial charge in [0.05, 0.1) is 6.61 Å². The highest BCUT2D eigenvalue weighted by atomic mass is 19.1. The number of nitrogens with zero attached hydrogens (tertiary/aromatic N) is 1. The van der Waals surface area contributed by atoms with E-state index in [4.69, 9.17) is 4.84 Å². The molecule has 0 atom stereocenters. The molecule has 2 aromatic rings. The molecular formula is C15H14FNO2. The van der Waals surface area contributed by atoms with Gasteiger partial charge in [-0.3, -0.25) is 0 Å². The lowest BCUT2D eigenvalue weighted by atomic mass is 9.98. The maximum atomic E-state index is 13.0. The molecule has 3 nitrogen and oxygen atoms in total. The summed E-state index contributed by atoms with van der Waals surface area (Å²) in [6.45, 7) is -0.0971. The van der Waals surface area contributed by atoms with Crippen LogP contribution in [0.15, 0.2) is 53.7 Å². The summed E-state index contributed by atoms with van der Waals surface area (Å²) in [6, 6.07) is 13.3. The molecule has 0 aromatic heterocycles. The average molecular weight is 259 g/mol.